The predicted molar refractivity (Wildman–Crippen MR) is 70.2 cm³/mol. The Kier molecular flexibility index (Phi) is 4.28. The minimum Gasteiger partial charge on any atom is -0.444 e. The number of nitrogens with two attached hydrogens (primary N) is 1. The van der Waals surface area contributed by atoms with E-state index in [1.165, 1.54) is 0 Å². The molecule has 1 fully saturated rings. The summed E-state index contributed by atoms with van der Waals surface area (Å²) in [7, 11) is 1.72. The van der Waals surface area contributed by atoms with Crippen molar-refractivity contribution in [3.63, 3.8) is 0 Å². The first-order valence-electron chi connectivity index (χ1n) is 6.45. The second-order valence-corrected chi connectivity index (χ2v) is 6.40. The van der Waals surface area contributed by atoms with Crippen molar-refractivity contribution in [2.45, 2.75) is 58.3 Å². The van der Waals surface area contributed by atoms with Crippen LogP contribution in [0.5, 0.6) is 0 Å². The van der Waals surface area contributed by atoms with E-state index in [1.807, 2.05) is 27.7 Å². The molecule has 0 aliphatic heterocycles. The average Bonchev–Trinajstić information content (AvgIpc) is 2.19. The molecule has 1 saturated carbocycles. The Morgan fingerprint density at radius 2 is 2.06 bits per heavy atom. The Balaban J connectivity index is 2.66. The summed E-state index contributed by atoms with van der Waals surface area (Å²) in [5.74, 6) is 0. The van der Waals surface area contributed by atoms with Crippen LogP contribution in [0.2, 0.25) is 0 Å². The van der Waals surface area contributed by atoms with Gasteiger partial charge in [-0.2, -0.15) is 0 Å². The van der Waals surface area contributed by atoms with Gasteiger partial charge in [0.15, 0.2) is 0 Å². The molecule has 0 radical (unpaired) electrons. The van der Waals surface area contributed by atoms with E-state index in [1.54, 1.807) is 11.9 Å². The minimum atomic E-state index is -0.500. The highest BCUT2D eigenvalue weighted by molar-refractivity contribution is 5.68. The molecular formula is C13H26N2O3. The highest BCUT2D eigenvalue weighted by Crippen LogP contribution is 2.44. The van der Waals surface area contributed by atoms with Gasteiger partial charge in [0.1, 0.15) is 5.60 Å². The maximum atomic E-state index is 12.0. The van der Waals surface area contributed by atoms with E-state index in [0.717, 1.165) is 0 Å². The zero-order valence-electron chi connectivity index (χ0n) is 12.1. The van der Waals surface area contributed by atoms with Crippen molar-refractivity contribution in [1.82, 2.24) is 4.90 Å². The van der Waals surface area contributed by atoms with Crippen LogP contribution in [0.25, 0.3) is 0 Å². The Morgan fingerprint density at radius 3 is 2.39 bits per heavy atom. The molecule has 1 unspecified atom stereocenters. The zero-order chi connectivity index (χ0) is 14.1. The third-order valence-electron chi connectivity index (χ3n) is 3.84. The standard InChI is InChI=1S/C13H26N2O3/c1-9(13(8-14)6-10(16)7-13)15(5)11(17)18-12(2,3)4/h9-10,16H,6-8,14H2,1-5H3. The molecule has 0 heterocycles. The van der Waals surface area contributed by atoms with E-state index in [4.69, 9.17) is 10.5 Å². The molecule has 1 amide bonds. The van der Waals surface area contributed by atoms with E-state index in [9.17, 15) is 9.90 Å². The molecule has 5 heteroatoms. The molecule has 0 aromatic rings. The molecule has 5 nitrogen and oxygen atoms in total. The molecule has 1 aliphatic rings. The predicted octanol–water partition coefficient (Wildman–Crippen LogP) is 1.34. The van der Waals surface area contributed by atoms with Gasteiger partial charge in [0.25, 0.3) is 0 Å². The van der Waals surface area contributed by atoms with Gasteiger partial charge in [-0.3, -0.25) is 0 Å². The highest BCUT2D eigenvalue weighted by atomic mass is 16.6. The van der Waals surface area contributed by atoms with Crippen molar-refractivity contribution < 1.29 is 14.6 Å². The lowest BCUT2D eigenvalue weighted by Crippen LogP contribution is -2.59. The van der Waals surface area contributed by atoms with E-state index in [0.29, 0.717) is 19.4 Å². The Labute approximate surface area is 109 Å². The molecule has 1 rings (SSSR count). The van der Waals surface area contributed by atoms with Crippen LogP contribution in [0.15, 0.2) is 0 Å². The lowest BCUT2D eigenvalue weighted by Gasteiger charge is -2.51. The van der Waals surface area contributed by atoms with Gasteiger partial charge in [0.05, 0.1) is 6.10 Å². The number of carbonyl (C=O) groups is 1. The SMILES string of the molecule is CC(N(C)C(=O)OC(C)(C)C)C1(CN)CC(O)C1. The number of hydrogen-bond donors (Lipinski definition) is 2. The Morgan fingerprint density at radius 1 is 1.56 bits per heavy atom. The Hall–Kier alpha value is -0.810. The summed E-state index contributed by atoms with van der Waals surface area (Å²) in [6, 6.07) is -0.0410. The lowest BCUT2D eigenvalue weighted by molar-refractivity contribution is -0.0741. The fourth-order valence-electron chi connectivity index (χ4n) is 2.46. The first kappa shape index (κ1) is 15.2. The lowest BCUT2D eigenvalue weighted by atomic mass is 9.62. The fourth-order valence-corrected chi connectivity index (χ4v) is 2.46. The van der Waals surface area contributed by atoms with Gasteiger partial charge in [0.2, 0.25) is 0 Å². The van der Waals surface area contributed by atoms with Crippen LogP contribution in [-0.4, -0.2) is 47.4 Å². The summed E-state index contributed by atoms with van der Waals surface area (Å²) in [6.07, 6.45) is 0.669. The van der Waals surface area contributed by atoms with Crippen molar-refractivity contribution in [2.24, 2.45) is 11.1 Å². The molecule has 18 heavy (non-hydrogen) atoms. The van der Waals surface area contributed by atoms with Gasteiger partial charge in [-0.1, -0.05) is 0 Å². The number of carbonyl (C=O) groups excluding carboxylic acids is 1. The number of amides is 1. The molecule has 106 valence electrons. The van der Waals surface area contributed by atoms with Crippen LogP contribution >= 0.6 is 0 Å². The van der Waals surface area contributed by atoms with E-state index < -0.39 is 5.60 Å². The van der Waals surface area contributed by atoms with Crippen LogP contribution in [0.3, 0.4) is 0 Å². The van der Waals surface area contributed by atoms with Gasteiger partial charge >= 0.3 is 6.09 Å². The maximum absolute atomic E-state index is 12.0. The summed E-state index contributed by atoms with van der Waals surface area (Å²) < 4.78 is 5.34. The van der Waals surface area contributed by atoms with Gasteiger partial charge in [-0.25, -0.2) is 4.79 Å². The molecular weight excluding hydrogens is 232 g/mol. The van der Waals surface area contributed by atoms with Gasteiger partial charge in [-0.05, 0) is 40.5 Å². The highest BCUT2D eigenvalue weighted by Gasteiger charge is 2.49. The van der Waals surface area contributed by atoms with Crippen molar-refractivity contribution in [1.29, 1.82) is 0 Å². The number of nitrogens with zero attached hydrogens (tertiary/aromatic N) is 1. The second-order valence-electron chi connectivity index (χ2n) is 6.40. The summed E-state index contributed by atoms with van der Waals surface area (Å²) in [5, 5.41) is 9.48. The summed E-state index contributed by atoms with van der Waals surface area (Å²) >= 11 is 0. The average molecular weight is 258 g/mol. The van der Waals surface area contributed by atoms with Gasteiger partial charge in [0, 0.05) is 25.0 Å². The van der Waals surface area contributed by atoms with Crippen molar-refractivity contribution in [2.75, 3.05) is 13.6 Å². The largest absolute Gasteiger partial charge is 0.444 e. The summed E-state index contributed by atoms with van der Waals surface area (Å²) in [4.78, 5) is 13.6. The van der Waals surface area contributed by atoms with E-state index in [2.05, 4.69) is 0 Å². The topological polar surface area (TPSA) is 75.8 Å². The van der Waals surface area contributed by atoms with Gasteiger partial charge in [-0.15, -0.1) is 0 Å². The third kappa shape index (κ3) is 3.14. The summed E-state index contributed by atoms with van der Waals surface area (Å²) in [5.41, 5.74) is 5.13. The summed E-state index contributed by atoms with van der Waals surface area (Å²) in [6.45, 7) is 7.96. The normalized spacial score (nSPS) is 29.4. The maximum Gasteiger partial charge on any atom is 0.410 e. The molecule has 1 aliphatic carbocycles. The van der Waals surface area contributed by atoms with E-state index >= 15 is 0 Å². The zero-order valence-corrected chi connectivity index (χ0v) is 12.1. The molecule has 0 spiro atoms. The smallest absolute Gasteiger partial charge is 0.410 e. The molecule has 0 aromatic heterocycles. The van der Waals surface area contributed by atoms with Crippen molar-refractivity contribution in [3.05, 3.63) is 0 Å². The molecule has 1 atom stereocenters. The first-order chi connectivity index (χ1) is 8.11. The monoisotopic (exact) mass is 258 g/mol. The third-order valence-corrected chi connectivity index (χ3v) is 3.84. The second kappa shape index (κ2) is 5.05. The molecule has 0 saturated heterocycles. The van der Waals surface area contributed by atoms with Crippen LogP contribution < -0.4 is 5.73 Å². The molecule has 0 aromatic carbocycles. The number of aliphatic hydroxyl groups excluding tert-OH is 1. The van der Waals surface area contributed by atoms with Crippen LogP contribution in [-0.2, 0) is 4.74 Å². The molecule has 3 N–H and O–H groups in total. The molecule has 0 bridgehead atoms. The fraction of sp³-hybridized carbons (Fsp3) is 0.923. The number of rotatable bonds is 3. The van der Waals surface area contributed by atoms with Crippen LogP contribution in [0.1, 0.15) is 40.5 Å². The number of hydrogen-bond acceptors (Lipinski definition) is 4. The number of aliphatic hydroxyl groups is 1. The van der Waals surface area contributed by atoms with Crippen molar-refractivity contribution >= 4 is 6.09 Å². The number of ether oxygens (including phenoxy) is 1. The Bertz CT molecular complexity index is 306. The quantitative estimate of drug-likeness (QED) is 0.801. The van der Waals surface area contributed by atoms with E-state index in [-0.39, 0.29) is 23.7 Å². The van der Waals surface area contributed by atoms with Gasteiger partial charge < -0.3 is 20.5 Å². The first-order valence-corrected chi connectivity index (χ1v) is 6.45. The van der Waals surface area contributed by atoms with Crippen LogP contribution in [0.4, 0.5) is 4.79 Å². The van der Waals surface area contributed by atoms with Crippen LogP contribution in [0, 0.1) is 5.41 Å². The minimum absolute atomic E-state index is 0.0410. The van der Waals surface area contributed by atoms with Crippen molar-refractivity contribution in [3.8, 4) is 0 Å².